The number of hydrazine groups is 2. The van der Waals surface area contributed by atoms with Crippen molar-refractivity contribution in [1.82, 2.24) is 20.9 Å². The third kappa shape index (κ3) is 0.947. The lowest BCUT2D eigenvalue weighted by Crippen LogP contribution is -2.46. The van der Waals surface area contributed by atoms with E-state index in [0.29, 0.717) is 0 Å². The predicted octanol–water partition coefficient (Wildman–Crippen LogP) is -0.514. The van der Waals surface area contributed by atoms with Gasteiger partial charge in [-0.3, -0.25) is 9.80 Å². The Kier molecular flexibility index (Phi) is 1.34. The van der Waals surface area contributed by atoms with Gasteiger partial charge in [0.2, 0.25) is 0 Å². The Hall–Kier alpha value is -1.49. The summed E-state index contributed by atoms with van der Waals surface area (Å²) in [5.74, 6) is 0.712. The maximum absolute atomic E-state index is 11.3. The number of amides is 1. The number of carbonyl (C=O) groups excluding carboxylic acids is 1. The summed E-state index contributed by atoms with van der Waals surface area (Å²) in [5.41, 5.74) is 3.70. The first-order valence-electron chi connectivity index (χ1n) is 3.67. The van der Waals surface area contributed by atoms with E-state index >= 15 is 0 Å². The molecule has 0 saturated heterocycles. The van der Waals surface area contributed by atoms with Crippen LogP contribution in [0.5, 0.6) is 0 Å². The van der Waals surface area contributed by atoms with Gasteiger partial charge in [-0.25, -0.2) is 5.01 Å². The molecule has 2 N–H and O–H groups in total. The van der Waals surface area contributed by atoms with Gasteiger partial charge in [-0.1, -0.05) is 0 Å². The summed E-state index contributed by atoms with van der Waals surface area (Å²) in [6.07, 6.45) is 3.36. The van der Waals surface area contributed by atoms with E-state index in [1.165, 1.54) is 5.01 Å². The maximum atomic E-state index is 11.3. The third-order valence-electron chi connectivity index (χ3n) is 1.70. The highest BCUT2D eigenvalue weighted by Gasteiger charge is 2.26. The zero-order valence-corrected chi connectivity index (χ0v) is 6.96. The van der Waals surface area contributed by atoms with Crippen molar-refractivity contribution in [3.8, 4) is 0 Å². The van der Waals surface area contributed by atoms with Crippen molar-refractivity contribution in [1.29, 1.82) is 0 Å². The Morgan fingerprint density at radius 1 is 1.50 bits per heavy atom. The van der Waals surface area contributed by atoms with Gasteiger partial charge in [0.25, 0.3) is 5.91 Å². The van der Waals surface area contributed by atoms with E-state index in [-0.39, 0.29) is 5.91 Å². The van der Waals surface area contributed by atoms with E-state index in [4.69, 9.17) is 0 Å². The summed E-state index contributed by atoms with van der Waals surface area (Å²) in [6, 6.07) is 0. The molecule has 2 aliphatic heterocycles. The zero-order chi connectivity index (χ0) is 8.72. The standard InChI is InChI=1S/C7H10N4O/c1-5-3-7(12)11-6(8-5)4-10(2)9-11/h3-4,8-9H,1-2H3. The number of hydrogen-bond acceptors (Lipinski definition) is 4. The van der Waals surface area contributed by atoms with E-state index in [2.05, 4.69) is 10.9 Å². The van der Waals surface area contributed by atoms with Crippen LogP contribution in [0.2, 0.25) is 0 Å². The average Bonchev–Trinajstić information content (AvgIpc) is 2.29. The van der Waals surface area contributed by atoms with Crippen LogP contribution in [0.4, 0.5) is 0 Å². The highest BCUT2D eigenvalue weighted by molar-refractivity contribution is 5.90. The predicted molar refractivity (Wildman–Crippen MR) is 42.7 cm³/mol. The largest absolute Gasteiger partial charge is 0.343 e. The van der Waals surface area contributed by atoms with Crippen LogP contribution in [0.25, 0.3) is 0 Å². The van der Waals surface area contributed by atoms with Crippen LogP contribution in [-0.2, 0) is 4.79 Å². The van der Waals surface area contributed by atoms with Crippen LogP contribution in [0.1, 0.15) is 6.92 Å². The van der Waals surface area contributed by atoms with Gasteiger partial charge in [0.05, 0.1) is 6.20 Å². The molecular weight excluding hydrogens is 156 g/mol. The smallest absolute Gasteiger partial charge is 0.269 e. The van der Waals surface area contributed by atoms with E-state index < -0.39 is 0 Å². The number of hydrogen-bond donors (Lipinski definition) is 2. The Bertz CT molecular complexity index is 294. The van der Waals surface area contributed by atoms with Crippen LogP contribution >= 0.6 is 0 Å². The van der Waals surface area contributed by atoms with Crippen LogP contribution in [0.3, 0.4) is 0 Å². The third-order valence-corrected chi connectivity index (χ3v) is 1.70. The number of nitrogens with one attached hydrogen (secondary N) is 2. The molecule has 0 saturated carbocycles. The van der Waals surface area contributed by atoms with Crippen molar-refractivity contribution in [2.24, 2.45) is 0 Å². The minimum atomic E-state index is -0.0538. The van der Waals surface area contributed by atoms with Crippen LogP contribution < -0.4 is 10.9 Å². The number of rotatable bonds is 0. The average molecular weight is 166 g/mol. The van der Waals surface area contributed by atoms with Crippen molar-refractivity contribution >= 4 is 5.91 Å². The minimum Gasteiger partial charge on any atom is -0.343 e. The molecule has 0 atom stereocenters. The Labute approximate surface area is 70.3 Å². The van der Waals surface area contributed by atoms with Gasteiger partial charge in [0.15, 0.2) is 0 Å². The SMILES string of the molecule is CC1=CC(=O)N2NN(C)C=C2N1. The summed E-state index contributed by atoms with van der Waals surface area (Å²) in [5, 5.41) is 6.23. The van der Waals surface area contributed by atoms with Gasteiger partial charge in [-0.15, -0.1) is 5.53 Å². The first-order chi connectivity index (χ1) is 5.66. The first-order valence-corrected chi connectivity index (χ1v) is 3.67. The normalized spacial score (nSPS) is 21.7. The Balaban J connectivity index is 2.31. The molecule has 0 unspecified atom stereocenters. The van der Waals surface area contributed by atoms with Crippen LogP contribution in [0.15, 0.2) is 23.8 Å². The minimum absolute atomic E-state index is 0.0538. The summed E-state index contributed by atoms with van der Waals surface area (Å²) in [7, 11) is 1.83. The molecule has 2 rings (SSSR count). The second kappa shape index (κ2) is 2.25. The fourth-order valence-corrected chi connectivity index (χ4v) is 1.23. The first kappa shape index (κ1) is 7.17. The summed E-state index contributed by atoms with van der Waals surface area (Å²) < 4.78 is 0. The summed E-state index contributed by atoms with van der Waals surface area (Å²) in [6.45, 7) is 1.86. The van der Waals surface area contributed by atoms with Crippen molar-refractivity contribution in [3.63, 3.8) is 0 Å². The molecule has 0 aliphatic carbocycles. The Morgan fingerprint density at radius 2 is 2.25 bits per heavy atom. The van der Waals surface area contributed by atoms with E-state index in [1.54, 1.807) is 11.1 Å². The fourth-order valence-electron chi connectivity index (χ4n) is 1.23. The highest BCUT2D eigenvalue weighted by atomic mass is 16.2. The van der Waals surface area contributed by atoms with E-state index in [1.807, 2.05) is 20.2 Å². The molecule has 0 aromatic carbocycles. The van der Waals surface area contributed by atoms with E-state index in [9.17, 15) is 4.79 Å². The number of allylic oxidation sites excluding steroid dienone is 1. The van der Waals surface area contributed by atoms with Crippen molar-refractivity contribution in [2.45, 2.75) is 6.92 Å². The topological polar surface area (TPSA) is 47.6 Å². The van der Waals surface area contributed by atoms with Crippen molar-refractivity contribution in [3.05, 3.63) is 23.8 Å². The maximum Gasteiger partial charge on any atom is 0.269 e. The van der Waals surface area contributed by atoms with Gasteiger partial charge in [-0.2, -0.15) is 0 Å². The van der Waals surface area contributed by atoms with Gasteiger partial charge >= 0.3 is 0 Å². The lowest BCUT2D eigenvalue weighted by atomic mass is 10.3. The fraction of sp³-hybridized carbons (Fsp3) is 0.286. The van der Waals surface area contributed by atoms with Crippen LogP contribution in [-0.4, -0.2) is 23.0 Å². The second-order valence-corrected chi connectivity index (χ2v) is 2.85. The summed E-state index contributed by atoms with van der Waals surface area (Å²) in [4.78, 5) is 11.3. The van der Waals surface area contributed by atoms with Gasteiger partial charge in [0.1, 0.15) is 5.82 Å². The second-order valence-electron chi connectivity index (χ2n) is 2.85. The molecule has 0 fully saturated rings. The molecule has 0 bridgehead atoms. The summed E-state index contributed by atoms with van der Waals surface area (Å²) >= 11 is 0. The quantitative estimate of drug-likeness (QED) is 0.508. The molecule has 0 aromatic rings. The molecule has 0 spiro atoms. The Morgan fingerprint density at radius 3 is 3.00 bits per heavy atom. The molecule has 2 heterocycles. The molecule has 2 aliphatic rings. The molecule has 0 radical (unpaired) electrons. The van der Waals surface area contributed by atoms with Gasteiger partial charge in [0, 0.05) is 18.8 Å². The van der Waals surface area contributed by atoms with Gasteiger partial charge < -0.3 is 5.32 Å². The van der Waals surface area contributed by atoms with E-state index in [0.717, 1.165) is 11.5 Å². The van der Waals surface area contributed by atoms with Crippen LogP contribution in [0, 0.1) is 0 Å². The monoisotopic (exact) mass is 166 g/mol. The molecule has 1 amide bonds. The molecule has 0 aromatic heterocycles. The lowest BCUT2D eigenvalue weighted by molar-refractivity contribution is -0.129. The zero-order valence-electron chi connectivity index (χ0n) is 6.96. The molecule has 5 nitrogen and oxygen atoms in total. The molecular formula is C7H10N4O. The molecule has 5 heteroatoms. The van der Waals surface area contributed by atoms with Crippen molar-refractivity contribution < 1.29 is 4.79 Å². The van der Waals surface area contributed by atoms with Gasteiger partial charge in [-0.05, 0) is 6.92 Å². The molecule has 12 heavy (non-hydrogen) atoms. The molecule has 64 valence electrons. The lowest BCUT2D eigenvalue weighted by Gasteiger charge is -2.24. The van der Waals surface area contributed by atoms with Crippen molar-refractivity contribution in [2.75, 3.05) is 7.05 Å². The highest BCUT2D eigenvalue weighted by Crippen LogP contribution is 2.13. The number of nitrogens with zero attached hydrogens (tertiary/aromatic N) is 2. The number of fused-ring (bicyclic) bond motifs is 1. The number of carbonyl (C=O) groups is 1.